The number of carbonyl (C=O) groups is 1. The monoisotopic (exact) mass is 236 g/mol. The molecule has 2 unspecified atom stereocenters. The fraction of sp³-hybridized carbons (Fsp3) is 0.750. The lowest BCUT2D eigenvalue weighted by Crippen LogP contribution is -2.31. The van der Waals surface area contributed by atoms with Gasteiger partial charge in [0.2, 0.25) is 5.82 Å². The van der Waals surface area contributed by atoms with Gasteiger partial charge in [0.1, 0.15) is 5.82 Å². The first-order valence-corrected chi connectivity index (χ1v) is 6.40. The predicted octanol–water partition coefficient (Wildman–Crippen LogP) is 1.53. The highest BCUT2D eigenvalue weighted by Crippen LogP contribution is 2.30. The Hall–Kier alpha value is -1.39. The highest BCUT2D eigenvalue weighted by molar-refractivity contribution is 5.90. The number of nitrogens with zero attached hydrogens (tertiary/aromatic N) is 2. The summed E-state index contributed by atoms with van der Waals surface area (Å²) in [6.45, 7) is 4.98. The molecule has 17 heavy (non-hydrogen) atoms. The zero-order valence-electron chi connectivity index (χ0n) is 10.5. The molecular formula is C12H20N4O. The van der Waals surface area contributed by atoms with E-state index in [0.717, 1.165) is 18.8 Å². The number of aromatic amines is 1. The van der Waals surface area contributed by atoms with Crippen molar-refractivity contribution in [2.75, 3.05) is 6.54 Å². The van der Waals surface area contributed by atoms with E-state index >= 15 is 0 Å². The molecule has 1 aliphatic carbocycles. The first-order chi connectivity index (χ1) is 8.20. The number of hydrogen-bond acceptors (Lipinski definition) is 3. The molecular weight excluding hydrogens is 216 g/mol. The van der Waals surface area contributed by atoms with Crippen LogP contribution in [-0.2, 0) is 6.42 Å². The van der Waals surface area contributed by atoms with E-state index < -0.39 is 0 Å². The molecule has 1 amide bonds. The second-order valence-corrected chi connectivity index (χ2v) is 4.84. The fourth-order valence-electron chi connectivity index (χ4n) is 2.38. The molecule has 5 nitrogen and oxygen atoms in total. The molecule has 1 heterocycles. The number of amides is 1. The van der Waals surface area contributed by atoms with E-state index in [4.69, 9.17) is 0 Å². The summed E-state index contributed by atoms with van der Waals surface area (Å²) < 4.78 is 0. The highest BCUT2D eigenvalue weighted by atomic mass is 16.2. The molecule has 1 aromatic heterocycles. The maximum absolute atomic E-state index is 11.8. The summed E-state index contributed by atoms with van der Waals surface area (Å²) in [6, 6.07) is 0. The van der Waals surface area contributed by atoms with Gasteiger partial charge in [-0.05, 0) is 18.3 Å². The smallest absolute Gasteiger partial charge is 0.290 e. The van der Waals surface area contributed by atoms with Crippen LogP contribution in [-0.4, -0.2) is 27.6 Å². The van der Waals surface area contributed by atoms with Crippen molar-refractivity contribution in [3.05, 3.63) is 11.6 Å². The van der Waals surface area contributed by atoms with Gasteiger partial charge in [-0.25, -0.2) is 4.98 Å². The van der Waals surface area contributed by atoms with Crippen molar-refractivity contribution in [2.24, 2.45) is 11.8 Å². The Morgan fingerprint density at radius 2 is 2.35 bits per heavy atom. The van der Waals surface area contributed by atoms with Gasteiger partial charge in [-0.2, -0.15) is 0 Å². The van der Waals surface area contributed by atoms with Gasteiger partial charge in [0, 0.05) is 13.0 Å². The van der Waals surface area contributed by atoms with Crippen LogP contribution in [0.2, 0.25) is 0 Å². The number of aryl methyl sites for hydroxylation is 1. The second kappa shape index (κ2) is 5.29. The molecule has 0 spiro atoms. The minimum atomic E-state index is -0.167. The van der Waals surface area contributed by atoms with Gasteiger partial charge < -0.3 is 5.32 Å². The van der Waals surface area contributed by atoms with Gasteiger partial charge >= 0.3 is 0 Å². The number of aromatic nitrogens is 3. The quantitative estimate of drug-likeness (QED) is 0.833. The lowest BCUT2D eigenvalue weighted by molar-refractivity contribution is 0.0934. The third-order valence-corrected chi connectivity index (χ3v) is 3.63. The van der Waals surface area contributed by atoms with Crippen molar-refractivity contribution in [3.63, 3.8) is 0 Å². The van der Waals surface area contributed by atoms with E-state index in [0.29, 0.717) is 11.8 Å². The molecule has 1 fully saturated rings. The van der Waals surface area contributed by atoms with Gasteiger partial charge in [0.05, 0.1) is 0 Å². The molecule has 2 rings (SSSR count). The minimum absolute atomic E-state index is 0.167. The summed E-state index contributed by atoms with van der Waals surface area (Å²) in [5, 5.41) is 9.58. The number of nitrogens with one attached hydrogen (secondary N) is 2. The normalized spacial score (nSPS) is 23.9. The predicted molar refractivity (Wildman–Crippen MR) is 64.6 cm³/mol. The zero-order valence-corrected chi connectivity index (χ0v) is 10.5. The molecule has 94 valence electrons. The van der Waals surface area contributed by atoms with Crippen molar-refractivity contribution >= 4 is 5.91 Å². The molecule has 0 aliphatic heterocycles. The lowest BCUT2D eigenvalue weighted by Gasteiger charge is -2.14. The van der Waals surface area contributed by atoms with Crippen LogP contribution < -0.4 is 5.32 Å². The van der Waals surface area contributed by atoms with Gasteiger partial charge in [0.25, 0.3) is 5.91 Å². The summed E-state index contributed by atoms with van der Waals surface area (Å²) in [5.74, 6) is 2.18. The van der Waals surface area contributed by atoms with Crippen LogP contribution in [0.15, 0.2) is 0 Å². The maximum Gasteiger partial charge on any atom is 0.290 e. The average molecular weight is 236 g/mol. The third kappa shape index (κ3) is 2.84. The average Bonchev–Trinajstić information content (AvgIpc) is 2.94. The lowest BCUT2D eigenvalue weighted by atomic mass is 9.98. The van der Waals surface area contributed by atoms with E-state index in [1.165, 1.54) is 19.3 Å². The number of carbonyl (C=O) groups excluding carboxylic acids is 1. The topological polar surface area (TPSA) is 70.7 Å². The zero-order chi connectivity index (χ0) is 12.3. The summed E-state index contributed by atoms with van der Waals surface area (Å²) in [6.07, 6.45) is 4.54. The molecule has 0 saturated heterocycles. The van der Waals surface area contributed by atoms with E-state index in [9.17, 15) is 4.79 Å². The summed E-state index contributed by atoms with van der Waals surface area (Å²) in [7, 11) is 0. The summed E-state index contributed by atoms with van der Waals surface area (Å²) >= 11 is 0. The molecule has 2 atom stereocenters. The van der Waals surface area contributed by atoms with Crippen molar-refractivity contribution in [2.45, 2.75) is 39.5 Å². The van der Waals surface area contributed by atoms with E-state index in [2.05, 4.69) is 27.4 Å². The van der Waals surface area contributed by atoms with Crippen LogP contribution >= 0.6 is 0 Å². The molecule has 0 bridgehead atoms. The molecule has 1 aromatic rings. The molecule has 1 aliphatic rings. The SMILES string of the molecule is CCc1nc(C(=O)NCC2CCCC2C)n[nH]1. The Morgan fingerprint density at radius 1 is 1.53 bits per heavy atom. The number of H-pyrrole nitrogens is 1. The largest absolute Gasteiger partial charge is 0.349 e. The minimum Gasteiger partial charge on any atom is -0.349 e. The first-order valence-electron chi connectivity index (χ1n) is 6.40. The van der Waals surface area contributed by atoms with Crippen molar-refractivity contribution in [1.29, 1.82) is 0 Å². The van der Waals surface area contributed by atoms with Gasteiger partial charge in [-0.15, -0.1) is 5.10 Å². The third-order valence-electron chi connectivity index (χ3n) is 3.63. The molecule has 1 saturated carbocycles. The van der Waals surface area contributed by atoms with E-state index in [1.54, 1.807) is 0 Å². The van der Waals surface area contributed by atoms with Crippen LogP contribution in [0.5, 0.6) is 0 Å². The Balaban J connectivity index is 1.84. The van der Waals surface area contributed by atoms with E-state index in [1.807, 2.05) is 6.92 Å². The van der Waals surface area contributed by atoms with Crippen LogP contribution in [0.4, 0.5) is 0 Å². The maximum atomic E-state index is 11.8. The Bertz CT molecular complexity index is 388. The Labute approximate surface area is 101 Å². The summed E-state index contributed by atoms with van der Waals surface area (Å²) in [4.78, 5) is 15.9. The van der Waals surface area contributed by atoms with Crippen molar-refractivity contribution in [3.8, 4) is 0 Å². The van der Waals surface area contributed by atoms with Crippen molar-refractivity contribution in [1.82, 2.24) is 20.5 Å². The van der Waals surface area contributed by atoms with Crippen LogP contribution in [0.1, 0.15) is 49.6 Å². The van der Waals surface area contributed by atoms with Crippen LogP contribution in [0.3, 0.4) is 0 Å². The van der Waals surface area contributed by atoms with Crippen molar-refractivity contribution < 1.29 is 4.79 Å². The van der Waals surface area contributed by atoms with E-state index in [-0.39, 0.29) is 11.7 Å². The molecule has 2 N–H and O–H groups in total. The first kappa shape index (κ1) is 12.1. The van der Waals surface area contributed by atoms with Crippen LogP contribution in [0.25, 0.3) is 0 Å². The fourth-order valence-corrected chi connectivity index (χ4v) is 2.38. The Morgan fingerprint density at radius 3 is 2.94 bits per heavy atom. The molecule has 0 radical (unpaired) electrons. The standard InChI is InChI=1S/C12H20N4O/c1-3-10-14-11(16-15-10)12(17)13-7-9-6-4-5-8(9)2/h8-9H,3-7H2,1-2H3,(H,13,17)(H,14,15,16). The highest BCUT2D eigenvalue weighted by Gasteiger charge is 2.24. The summed E-state index contributed by atoms with van der Waals surface area (Å²) in [5.41, 5.74) is 0. The van der Waals surface area contributed by atoms with Crippen LogP contribution in [0, 0.1) is 11.8 Å². The molecule has 0 aromatic carbocycles. The Kier molecular flexibility index (Phi) is 3.76. The van der Waals surface area contributed by atoms with Gasteiger partial charge in [0.15, 0.2) is 0 Å². The van der Waals surface area contributed by atoms with Gasteiger partial charge in [-0.1, -0.05) is 26.7 Å². The molecule has 5 heteroatoms. The second-order valence-electron chi connectivity index (χ2n) is 4.84. The van der Waals surface area contributed by atoms with Gasteiger partial charge in [-0.3, -0.25) is 9.89 Å². The number of hydrogen-bond donors (Lipinski definition) is 2. The number of rotatable bonds is 4.